The molecule has 0 heterocycles. The third-order valence-electron chi connectivity index (χ3n) is 4.94. The van der Waals surface area contributed by atoms with Crippen LogP contribution < -0.4 is 5.43 Å². The highest BCUT2D eigenvalue weighted by Gasteiger charge is 2.39. The van der Waals surface area contributed by atoms with Crippen LogP contribution in [0.15, 0.2) is 83.5 Å². The molecule has 0 fully saturated rings. The number of rotatable bonds is 6. The second-order valence-corrected chi connectivity index (χ2v) is 6.96. The minimum absolute atomic E-state index is 0.0927. The van der Waals surface area contributed by atoms with Crippen molar-refractivity contribution in [2.45, 2.75) is 25.9 Å². The van der Waals surface area contributed by atoms with Gasteiger partial charge in [0.2, 0.25) is 0 Å². The van der Waals surface area contributed by atoms with Crippen molar-refractivity contribution in [1.82, 2.24) is 10.4 Å². The van der Waals surface area contributed by atoms with E-state index in [0.29, 0.717) is 5.57 Å². The summed E-state index contributed by atoms with van der Waals surface area (Å²) in [7, 11) is 0. The number of carbonyl (C=O) groups is 2. The zero-order valence-corrected chi connectivity index (χ0v) is 18.4. The number of ether oxygens (including phenoxy) is 2. The zero-order chi connectivity index (χ0) is 23.6. The highest BCUT2D eigenvalue weighted by Crippen LogP contribution is 2.36. The quantitative estimate of drug-likeness (QED) is 0.282. The molecule has 9 heteroatoms. The van der Waals surface area contributed by atoms with Crippen molar-refractivity contribution in [1.29, 1.82) is 0 Å². The van der Waals surface area contributed by atoms with E-state index in [1.807, 2.05) is 60.7 Å². The van der Waals surface area contributed by atoms with Gasteiger partial charge in [-0.15, -0.1) is 0 Å². The van der Waals surface area contributed by atoms with Gasteiger partial charge in [-0.25, -0.2) is 20.0 Å². The van der Waals surface area contributed by atoms with Gasteiger partial charge in [0.15, 0.2) is 0 Å². The van der Waals surface area contributed by atoms with Crippen molar-refractivity contribution < 1.29 is 19.1 Å². The number of nitrogens with one attached hydrogen (secondary N) is 1. The molecule has 170 valence electrons. The molecule has 0 radical (unpaired) electrons. The average molecular weight is 447 g/mol. The average Bonchev–Trinajstić information content (AvgIpc) is 3.22. The Morgan fingerprint density at radius 1 is 1.00 bits per heavy atom. The third kappa shape index (κ3) is 5.53. The summed E-state index contributed by atoms with van der Waals surface area (Å²) in [4.78, 5) is 28.1. The van der Waals surface area contributed by atoms with Gasteiger partial charge in [-0.05, 0) is 41.7 Å². The van der Waals surface area contributed by atoms with E-state index in [4.69, 9.17) is 15.0 Å². The molecule has 2 aromatic rings. The standard InChI is InChI=1S/C24H25N5O4/c1-3-32-23(30)27-29(24(31)33-4-2)22-19(15-16-20(22)26-28-25)21(17-11-7-5-8-12-17)18-13-9-6-10-14-18/h5-16,20,22H,3-4H2,1-2H3,(H,27,30)/t20-,22-/m0/s1. The summed E-state index contributed by atoms with van der Waals surface area (Å²) < 4.78 is 10.2. The Kier molecular flexibility index (Phi) is 8.10. The van der Waals surface area contributed by atoms with E-state index >= 15 is 0 Å². The molecule has 0 saturated heterocycles. The summed E-state index contributed by atoms with van der Waals surface area (Å²) in [5, 5.41) is 4.89. The smallest absolute Gasteiger partial charge is 0.429 e. The van der Waals surface area contributed by atoms with Gasteiger partial charge in [-0.3, -0.25) is 0 Å². The summed E-state index contributed by atoms with van der Waals surface area (Å²) >= 11 is 0. The second-order valence-electron chi connectivity index (χ2n) is 6.96. The topological polar surface area (TPSA) is 117 Å². The van der Waals surface area contributed by atoms with E-state index in [1.165, 1.54) is 0 Å². The molecule has 2 aromatic carbocycles. The lowest BCUT2D eigenvalue weighted by Crippen LogP contribution is -2.55. The summed E-state index contributed by atoms with van der Waals surface area (Å²) in [6, 6.07) is 17.7. The van der Waals surface area contributed by atoms with Crippen LogP contribution in [0.4, 0.5) is 9.59 Å². The minimum Gasteiger partial charge on any atom is -0.449 e. The predicted octanol–water partition coefficient (Wildman–Crippen LogP) is 5.23. The van der Waals surface area contributed by atoms with Crippen molar-refractivity contribution in [2.24, 2.45) is 5.11 Å². The van der Waals surface area contributed by atoms with Gasteiger partial charge >= 0.3 is 12.2 Å². The first kappa shape index (κ1) is 23.4. The zero-order valence-electron chi connectivity index (χ0n) is 18.4. The van der Waals surface area contributed by atoms with Crippen molar-refractivity contribution >= 4 is 17.8 Å². The minimum atomic E-state index is -0.861. The highest BCUT2D eigenvalue weighted by atomic mass is 16.6. The fourth-order valence-corrected chi connectivity index (χ4v) is 3.67. The normalized spacial score (nSPS) is 16.5. The maximum absolute atomic E-state index is 12.9. The first-order valence-corrected chi connectivity index (χ1v) is 10.6. The van der Waals surface area contributed by atoms with Gasteiger partial charge in [-0.1, -0.05) is 77.9 Å². The van der Waals surface area contributed by atoms with Crippen LogP contribution in [0.25, 0.3) is 16.0 Å². The maximum atomic E-state index is 12.9. The fraction of sp³-hybridized carbons (Fsp3) is 0.250. The molecule has 33 heavy (non-hydrogen) atoms. The number of carbonyl (C=O) groups excluding carboxylic acids is 2. The number of azide groups is 1. The van der Waals surface area contributed by atoms with Gasteiger partial charge in [0.05, 0.1) is 25.3 Å². The molecule has 0 unspecified atom stereocenters. The van der Waals surface area contributed by atoms with Crippen LogP contribution in [0.2, 0.25) is 0 Å². The number of nitrogens with zero attached hydrogens (tertiary/aromatic N) is 4. The van der Waals surface area contributed by atoms with Crippen LogP contribution in [-0.4, -0.2) is 42.5 Å². The Labute approximate surface area is 191 Å². The molecular formula is C24H25N5O4. The van der Waals surface area contributed by atoms with Crippen LogP contribution in [-0.2, 0) is 9.47 Å². The first-order valence-electron chi connectivity index (χ1n) is 10.6. The van der Waals surface area contributed by atoms with Crippen molar-refractivity contribution in [3.63, 3.8) is 0 Å². The van der Waals surface area contributed by atoms with E-state index in [0.717, 1.165) is 21.7 Å². The molecule has 2 atom stereocenters. The molecule has 0 saturated carbocycles. The Balaban J connectivity index is 2.22. The molecule has 0 spiro atoms. The van der Waals surface area contributed by atoms with Gasteiger partial charge in [0, 0.05) is 4.91 Å². The van der Waals surface area contributed by atoms with E-state index < -0.39 is 24.3 Å². The van der Waals surface area contributed by atoms with Crippen molar-refractivity contribution in [3.8, 4) is 0 Å². The monoisotopic (exact) mass is 447 g/mol. The summed E-state index contributed by atoms with van der Waals surface area (Å²) in [5.74, 6) is 0. The van der Waals surface area contributed by atoms with Crippen molar-refractivity contribution in [2.75, 3.05) is 13.2 Å². The van der Waals surface area contributed by atoms with Crippen LogP contribution in [0.1, 0.15) is 25.0 Å². The van der Waals surface area contributed by atoms with Crippen LogP contribution >= 0.6 is 0 Å². The Hall–Kier alpha value is -4.23. The summed E-state index contributed by atoms with van der Waals surface area (Å²) in [6.45, 7) is 3.53. The van der Waals surface area contributed by atoms with Gasteiger partial charge in [0.1, 0.15) is 0 Å². The molecule has 2 amide bonds. The van der Waals surface area contributed by atoms with Gasteiger partial charge in [-0.2, -0.15) is 0 Å². The van der Waals surface area contributed by atoms with Crippen LogP contribution in [0, 0.1) is 0 Å². The predicted molar refractivity (Wildman–Crippen MR) is 124 cm³/mol. The van der Waals surface area contributed by atoms with Gasteiger partial charge < -0.3 is 9.47 Å². The number of hydrogen-bond donors (Lipinski definition) is 1. The SMILES string of the molecule is CCOC(=O)NN(C(=O)OCC)[C@H]1C(=C(c2ccccc2)c2ccccc2)C=C[C@@H]1N=[N+]=[N-]. The summed E-state index contributed by atoms with van der Waals surface area (Å²) in [5.41, 5.74) is 14.9. The van der Waals surface area contributed by atoms with Gasteiger partial charge in [0.25, 0.3) is 0 Å². The lowest BCUT2D eigenvalue weighted by Gasteiger charge is -2.32. The van der Waals surface area contributed by atoms with Crippen LogP contribution in [0.5, 0.6) is 0 Å². The van der Waals surface area contributed by atoms with E-state index in [1.54, 1.807) is 26.0 Å². The Morgan fingerprint density at radius 2 is 1.58 bits per heavy atom. The third-order valence-corrected chi connectivity index (χ3v) is 4.94. The van der Waals surface area contributed by atoms with E-state index in [2.05, 4.69) is 15.5 Å². The molecule has 0 aliphatic heterocycles. The lowest BCUT2D eigenvalue weighted by atomic mass is 9.90. The second kappa shape index (κ2) is 11.4. The number of amides is 2. The maximum Gasteiger partial charge on any atom is 0.429 e. The number of hydrazine groups is 1. The molecule has 1 aliphatic rings. The highest BCUT2D eigenvalue weighted by molar-refractivity contribution is 5.86. The molecule has 0 bridgehead atoms. The molecule has 1 N–H and O–H groups in total. The number of hydrogen-bond acceptors (Lipinski definition) is 5. The van der Waals surface area contributed by atoms with E-state index in [-0.39, 0.29) is 13.2 Å². The Bertz CT molecular complexity index is 1040. The molecule has 3 rings (SSSR count). The molecule has 1 aliphatic carbocycles. The lowest BCUT2D eigenvalue weighted by molar-refractivity contribution is 0.0610. The van der Waals surface area contributed by atoms with E-state index in [9.17, 15) is 9.59 Å². The van der Waals surface area contributed by atoms with Crippen molar-refractivity contribution in [3.05, 3.63) is 100.0 Å². The van der Waals surface area contributed by atoms with Crippen LogP contribution in [0.3, 0.4) is 0 Å². The first-order chi connectivity index (χ1) is 16.1. The molecular weight excluding hydrogens is 422 g/mol. The summed E-state index contributed by atoms with van der Waals surface area (Å²) in [6.07, 6.45) is 1.89. The molecule has 9 nitrogen and oxygen atoms in total. The number of benzene rings is 2. The largest absolute Gasteiger partial charge is 0.449 e. The molecule has 0 aromatic heterocycles. The Morgan fingerprint density at radius 3 is 2.09 bits per heavy atom. The fourth-order valence-electron chi connectivity index (χ4n) is 3.67.